The molecule has 3 rings (SSSR count). The molecule has 0 aliphatic heterocycles. The van der Waals surface area contributed by atoms with Gasteiger partial charge in [-0.15, -0.1) is 0 Å². The van der Waals surface area contributed by atoms with Crippen LogP contribution in [-0.2, 0) is 29.2 Å². The first kappa shape index (κ1) is 23.9. The summed E-state index contributed by atoms with van der Waals surface area (Å²) in [6, 6.07) is 9.76. The maximum atomic E-state index is 13.8. The predicted molar refractivity (Wildman–Crippen MR) is 115 cm³/mol. The highest BCUT2D eigenvalue weighted by Crippen LogP contribution is 2.42. The van der Waals surface area contributed by atoms with Crippen molar-refractivity contribution in [3.8, 4) is 0 Å². The fraction of sp³-hybridized carbons (Fsp3) is 0.333. The summed E-state index contributed by atoms with van der Waals surface area (Å²) in [6.45, 7) is -0.591. The SMILES string of the molecule is COC(=O)c1cc(NC(=O)COC(=O)C2(c3cccc(F)c3)CCCC2)cc(C(=O)OC)c1. The van der Waals surface area contributed by atoms with Gasteiger partial charge in [-0.05, 0) is 48.7 Å². The molecule has 1 amide bonds. The summed E-state index contributed by atoms with van der Waals surface area (Å²) in [5.41, 5.74) is -0.281. The number of hydrogen-bond acceptors (Lipinski definition) is 7. The van der Waals surface area contributed by atoms with Crippen LogP contribution >= 0.6 is 0 Å². The largest absolute Gasteiger partial charge is 0.465 e. The Bertz CT molecular complexity index is 1040. The van der Waals surface area contributed by atoms with Gasteiger partial charge in [-0.2, -0.15) is 0 Å². The van der Waals surface area contributed by atoms with E-state index in [0.29, 0.717) is 18.4 Å². The molecule has 9 heteroatoms. The van der Waals surface area contributed by atoms with Gasteiger partial charge in [0.25, 0.3) is 5.91 Å². The summed E-state index contributed by atoms with van der Waals surface area (Å²) in [5.74, 6) is -3.13. The molecule has 0 aromatic heterocycles. The number of benzene rings is 2. The van der Waals surface area contributed by atoms with Gasteiger partial charge in [-0.1, -0.05) is 25.0 Å². The van der Waals surface area contributed by atoms with Gasteiger partial charge in [0.1, 0.15) is 5.82 Å². The Balaban J connectivity index is 1.72. The molecule has 0 bridgehead atoms. The Morgan fingerprint density at radius 3 is 2.09 bits per heavy atom. The van der Waals surface area contributed by atoms with Crippen LogP contribution in [0.25, 0.3) is 0 Å². The third-order valence-electron chi connectivity index (χ3n) is 5.62. The zero-order valence-corrected chi connectivity index (χ0v) is 18.3. The monoisotopic (exact) mass is 457 g/mol. The highest BCUT2D eigenvalue weighted by Gasteiger charge is 2.44. The molecule has 33 heavy (non-hydrogen) atoms. The van der Waals surface area contributed by atoms with Crippen LogP contribution in [0.4, 0.5) is 10.1 Å². The lowest BCUT2D eigenvalue weighted by Crippen LogP contribution is -2.36. The van der Waals surface area contributed by atoms with Gasteiger partial charge in [0, 0.05) is 5.69 Å². The van der Waals surface area contributed by atoms with Crippen LogP contribution in [0.3, 0.4) is 0 Å². The molecule has 2 aromatic rings. The van der Waals surface area contributed by atoms with Crippen LogP contribution in [0.15, 0.2) is 42.5 Å². The number of methoxy groups -OCH3 is 2. The number of hydrogen-bond donors (Lipinski definition) is 1. The van der Waals surface area contributed by atoms with Crippen molar-refractivity contribution in [2.24, 2.45) is 0 Å². The van der Waals surface area contributed by atoms with E-state index in [2.05, 4.69) is 14.8 Å². The summed E-state index contributed by atoms with van der Waals surface area (Å²) >= 11 is 0. The zero-order valence-electron chi connectivity index (χ0n) is 18.3. The lowest BCUT2D eigenvalue weighted by atomic mass is 9.79. The highest BCUT2D eigenvalue weighted by molar-refractivity contribution is 6.00. The molecular weight excluding hydrogens is 433 g/mol. The average Bonchev–Trinajstić information content (AvgIpc) is 3.32. The third-order valence-corrected chi connectivity index (χ3v) is 5.62. The number of anilines is 1. The lowest BCUT2D eigenvalue weighted by molar-refractivity contribution is -0.153. The first-order valence-electron chi connectivity index (χ1n) is 10.3. The average molecular weight is 457 g/mol. The fourth-order valence-electron chi connectivity index (χ4n) is 4.01. The lowest BCUT2D eigenvalue weighted by Gasteiger charge is -2.27. The number of nitrogens with one attached hydrogen (secondary N) is 1. The quantitative estimate of drug-likeness (QED) is 0.502. The van der Waals surface area contributed by atoms with Crippen molar-refractivity contribution in [1.29, 1.82) is 0 Å². The first-order chi connectivity index (χ1) is 15.8. The molecule has 0 spiro atoms. The molecule has 2 aromatic carbocycles. The number of rotatable bonds is 7. The van der Waals surface area contributed by atoms with Crippen molar-refractivity contribution in [3.63, 3.8) is 0 Å². The van der Waals surface area contributed by atoms with Crippen LogP contribution in [0, 0.1) is 5.82 Å². The van der Waals surface area contributed by atoms with E-state index in [1.807, 2.05) is 0 Å². The van der Waals surface area contributed by atoms with E-state index in [1.54, 1.807) is 6.07 Å². The minimum atomic E-state index is -0.995. The minimum Gasteiger partial charge on any atom is -0.465 e. The summed E-state index contributed by atoms with van der Waals surface area (Å²) in [5, 5.41) is 2.50. The zero-order chi connectivity index (χ0) is 24.0. The topological polar surface area (TPSA) is 108 Å². The Hall–Kier alpha value is -3.75. The van der Waals surface area contributed by atoms with Crippen LogP contribution in [0.2, 0.25) is 0 Å². The molecule has 0 unspecified atom stereocenters. The van der Waals surface area contributed by atoms with Gasteiger partial charge in [0.2, 0.25) is 0 Å². The van der Waals surface area contributed by atoms with Gasteiger partial charge < -0.3 is 19.5 Å². The number of amides is 1. The molecule has 0 atom stereocenters. The van der Waals surface area contributed by atoms with Crippen molar-refractivity contribution in [1.82, 2.24) is 0 Å². The molecular formula is C24H24FNO7. The molecule has 0 radical (unpaired) electrons. The second kappa shape index (κ2) is 10.2. The van der Waals surface area contributed by atoms with Gasteiger partial charge in [0.05, 0.1) is 30.8 Å². The number of carbonyl (C=O) groups is 4. The molecule has 0 saturated heterocycles. The van der Waals surface area contributed by atoms with Crippen LogP contribution in [-0.4, -0.2) is 44.6 Å². The number of halogens is 1. The maximum absolute atomic E-state index is 13.8. The Morgan fingerprint density at radius 2 is 1.55 bits per heavy atom. The van der Waals surface area contributed by atoms with Crippen LogP contribution < -0.4 is 5.32 Å². The molecule has 0 heterocycles. The van der Waals surface area contributed by atoms with Crippen LogP contribution in [0.1, 0.15) is 52.0 Å². The first-order valence-corrected chi connectivity index (χ1v) is 10.3. The Morgan fingerprint density at radius 1 is 0.939 bits per heavy atom. The van der Waals surface area contributed by atoms with Crippen LogP contribution in [0.5, 0.6) is 0 Å². The number of carbonyl (C=O) groups excluding carboxylic acids is 4. The van der Waals surface area contributed by atoms with E-state index in [9.17, 15) is 23.6 Å². The number of esters is 3. The summed E-state index contributed by atoms with van der Waals surface area (Å²) in [6.07, 6.45) is 2.57. The molecule has 1 saturated carbocycles. The van der Waals surface area contributed by atoms with Gasteiger partial charge in [-0.25, -0.2) is 14.0 Å². The van der Waals surface area contributed by atoms with Crippen molar-refractivity contribution in [3.05, 3.63) is 65.0 Å². The third kappa shape index (κ3) is 5.36. The van der Waals surface area contributed by atoms with Crippen molar-refractivity contribution < 1.29 is 37.8 Å². The minimum absolute atomic E-state index is 0.0312. The summed E-state index contributed by atoms with van der Waals surface area (Å²) < 4.78 is 28.4. The molecule has 1 fully saturated rings. The van der Waals surface area contributed by atoms with E-state index in [-0.39, 0.29) is 16.8 Å². The molecule has 1 aliphatic carbocycles. The Kier molecular flexibility index (Phi) is 7.42. The fourth-order valence-corrected chi connectivity index (χ4v) is 4.01. The van der Waals surface area contributed by atoms with E-state index in [0.717, 1.165) is 12.8 Å². The number of ether oxygens (including phenoxy) is 3. The highest BCUT2D eigenvalue weighted by atomic mass is 19.1. The molecule has 1 N–H and O–H groups in total. The van der Waals surface area contributed by atoms with Gasteiger partial charge >= 0.3 is 17.9 Å². The van der Waals surface area contributed by atoms with E-state index >= 15 is 0 Å². The summed E-state index contributed by atoms with van der Waals surface area (Å²) in [4.78, 5) is 49.2. The second-order valence-corrected chi connectivity index (χ2v) is 7.71. The predicted octanol–water partition coefficient (Wildman–Crippen LogP) is 3.39. The standard InChI is InChI=1S/C24H24FNO7/c1-31-21(28)15-10-16(22(29)32-2)12-19(11-15)26-20(27)14-33-23(30)24(8-3-4-9-24)17-6-5-7-18(25)13-17/h5-7,10-13H,3-4,8-9,14H2,1-2H3,(H,26,27). The summed E-state index contributed by atoms with van der Waals surface area (Å²) in [7, 11) is 2.37. The second-order valence-electron chi connectivity index (χ2n) is 7.71. The van der Waals surface area contributed by atoms with E-state index in [1.165, 1.54) is 50.6 Å². The smallest absolute Gasteiger partial charge is 0.337 e. The van der Waals surface area contributed by atoms with Crippen molar-refractivity contribution in [2.45, 2.75) is 31.1 Å². The molecule has 174 valence electrons. The van der Waals surface area contributed by atoms with Gasteiger partial charge in [0.15, 0.2) is 6.61 Å². The van der Waals surface area contributed by atoms with Gasteiger partial charge in [-0.3, -0.25) is 9.59 Å². The maximum Gasteiger partial charge on any atom is 0.337 e. The normalized spacial score (nSPS) is 14.3. The van der Waals surface area contributed by atoms with E-state index < -0.39 is 41.7 Å². The molecule has 8 nitrogen and oxygen atoms in total. The Labute approximate surface area is 190 Å². The van der Waals surface area contributed by atoms with Crippen molar-refractivity contribution in [2.75, 3.05) is 26.1 Å². The van der Waals surface area contributed by atoms with Crippen molar-refractivity contribution >= 4 is 29.5 Å². The molecule has 1 aliphatic rings. The van der Waals surface area contributed by atoms with E-state index in [4.69, 9.17) is 4.74 Å².